The quantitative estimate of drug-likeness (QED) is 0.731. The van der Waals surface area contributed by atoms with Crippen LogP contribution in [0, 0.1) is 0 Å². The van der Waals surface area contributed by atoms with Crippen molar-refractivity contribution in [3.63, 3.8) is 0 Å². The van der Waals surface area contributed by atoms with E-state index in [1.165, 1.54) is 0 Å². The molecule has 2 aliphatic rings. The first-order chi connectivity index (χ1) is 9.03. The van der Waals surface area contributed by atoms with Crippen LogP contribution in [0.15, 0.2) is 0 Å². The van der Waals surface area contributed by atoms with Gasteiger partial charge in [0.1, 0.15) is 6.04 Å². The topological polar surface area (TPSA) is 84.7 Å². The fourth-order valence-corrected chi connectivity index (χ4v) is 2.58. The minimum atomic E-state index is -0.891. The van der Waals surface area contributed by atoms with Crippen LogP contribution < -0.4 is 11.1 Å². The zero-order valence-corrected chi connectivity index (χ0v) is 11.5. The van der Waals surface area contributed by atoms with Gasteiger partial charge in [0.2, 0.25) is 11.8 Å². The van der Waals surface area contributed by atoms with Crippen LogP contribution >= 0.6 is 0 Å². The molecular formula is C13H23N3O3. The Labute approximate surface area is 113 Å². The summed E-state index contributed by atoms with van der Waals surface area (Å²) in [4.78, 5) is 26.1. The average Bonchev–Trinajstić information content (AvgIpc) is 2.92. The van der Waals surface area contributed by atoms with Crippen molar-refractivity contribution in [3.8, 4) is 0 Å². The van der Waals surface area contributed by atoms with E-state index in [1.807, 2.05) is 0 Å². The average molecular weight is 269 g/mol. The zero-order chi connectivity index (χ0) is 13.9. The van der Waals surface area contributed by atoms with Gasteiger partial charge < -0.3 is 20.7 Å². The summed E-state index contributed by atoms with van der Waals surface area (Å²) in [5, 5.41) is 2.76. The fraction of sp³-hybridized carbons (Fsp3) is 0.846. The minimum Gasteiger partial charge on any atom is -0.381 e. The van der Waals surface area contributed by atoms with Crippen molar-refractivity contribution in [1.82, 2.24) is 10.2 Å². The number of hydrogen-bond acceptors (Lipinski definition) is 4. The molecule has 1 unspecified atom stereocenters. The lowest BCUT2D eigenvalue weighted by molar-refractivity contribution is -0.138. The highest BCUT2D eigenvalue weighted by Crippen LogP contribution is 2.18. The Bertz CT molecular complexity index is 347. The van der Waals surface area contributed by atoms with Crippen molar-refractivity contribution in [1.29, 1.82) is 0 Å². The first kappa shape index (κ1) is 14.3. The summed E-state index contributed by atoms with van der Waals surface area (Å²) in [5.74, 6) is -0.252. The molecule has 0 aromatic heterocycles. The molecule has 2 saturated heterocycles. The van der Waals surface area contributed by atoms with Crippen molar-refractivity contribution in [2.24, 2.45) is 5.73 Å². The highest BCUT2D eigenvalue weighted by molar-refractivity contribution is 5.91. The number of amides is 2. The number of rotatable bonds is 3. The van der Waals surface area contributed by atoms with Gasteiger partial charge in [0.05, 0.1) is 5.54 Å². The second kappa shape index (κ2) is 5.88. The molecule has 2 aliphatic heterocycles. The van der Waals surface area contributed by atoms with Gasteiger partial charge in [-0.05, 0) is 32.6 Å². The third-order valence-electron chi connectivity index (χ3n) is 3.97. The molecule has 19 heavy (non-hydrogen) atoms. The van der Waals surface area contributed by atoms with E-state index >= 15 is 0 Å². The van der Waals surface area contributed by atoms with Crippen molar-refractivity contribution in [3.05, 3.63) is 0 Å². The Morgan fingerprint density at radius 1 is 1.26 bits per heavy atom. The first-order valence-electron chi connectivity index (χ1n) is 6.99. The normalized spacial score (nSPS) is 24.0. The van der Waals surface area contributed by atoms with E-state index < -0.39 is 11.6 Å². The summed E-state index contributed by atoms with van der Waals surface area (Å²) in [5.41, 5.74) is 5.20. The maximum atomic E-state index is 12.2. The fourth-order valence-electron chi connectivity index (χ4n) is 2.58. The molecule has 2 heterocycles. The van der Waals surface area contributed by atoms with Gasteiger partial charge in [-0.25, -0.2) is 0 Å². The molecule has 0 aromatic rings. The molecule has 6 heteroatoms. The van der Waals surface area contributed by atoms with Gasteiger partial charge in [-0.2, -0.15) is 0 Å². The summed E-state index contributed by atoms with van der Waals surface area (Å²) < 4.78 is 5.21. The summed E-state index contributed by atoms with van der Waals surface area (Å²) in [6.45, 7) is 4.30. The van der Waals surface area contributed by atoms with Gasteiger partial charge in [0, 0.05) is 26.3 Å². The SMILES string of the molecule is CC(NC(=O)C1(N)CCOCC1)C(=O)N1CCCC1. The standard InChI is InChI=1S/C13H23N3O3/c1-10(11(17)16-6-2-3-7-16)15-12(18)13(14)4-8-19-9-5-13/h10H,2-9,14H2,1H3,(H,15,18). The van der Waals surface area contributed by atoms with Crippen molar-refractivity contribution >= 4 is 11.8 Å². The Kier molecular flexibility index (Phi) is 4.42. The van der Waals surface area contributed by atoms with E-state index in [-0.39, 0.29) is 11.8 Å². The Hall–Kier alpha value is -1.14. The lowest BCUT2D eigenvalue weighted by atomic mass is 9.90. The molecule has 2 rings (SSSR count). The van der Waals surface area contributed by atoms with Crippen LogP contribution in [-0.4, -0.2) is 54.6 Å². The van der Waals surface area contributed by atoms with Crippen LogP contribution in [0.3, 0.4) is 0 Å². The van der Waals surface area contributed by atoms with Crippen molar-refractivity contribution in [2.75, 3.05) is 26.3 Å². The van der Waals surface area contributed by atoms with Gasteiger partial charge in [0.15, 0.2) is 0 Å². The molecule has 0 bridgehead atoms. The number of hydrogen-bond donors (Lipinski definition) is 2. The van der Waals surface area contributed by atoms with Gasteiger partial charge >= 0.3 is 0 Å². The molecule has 2 amide bonds. The monoisotopic (exact) mass is 269 g/mol. The Morgan fingerprint density at radius 3 is 2.42 bits per heavy atom. The predicted octanol–water partition coefficient (Wildman–Crippen LogP) is -0.379. The van der Waals surface area contributed by atoms with Gasteiger partial charge in [-0.3, -0.25) is 9.59 Å². The van der Waals surface area contributed by atoms with Crippen LogP contribution in [0.5, 0.6) is 0 Å². The molecule has 108 valence electrons. The number of likely N-dealkylation sites (tertiary alicyclic amines) is 1. The lowest BCUT2D eigenvalue weighted by Gasteiger charge is -2.33. The Morgan fingerprint density at radius 2 is 1.84 bits per heavy atom. The maximum absolute atomic E-state index is 12.2. The molecule has 0 spiro atoms. The molecule has 0 aliphatic carbocycles. The first-order valence-corrected chi connectivity index (χ1v) is 6.99. The van der Waals surface area contributed by atoms with Crippen LogP contribution in [0.4, 0.5) is 0 Å². The molecule has 1 atom stereocenters. The van der Waals surface area contributed by atoms with Crippen LogP contribution in [0.1, 0.15) is 32.6 Å². The molecule has 6 nitrogen and oxygen atoms in total. The van der Waals surface area contributed by atoms with Crippen molar-refractivity contribution in [2.45, 2.75) is 44.2 Å². The van der Waals surface area contributed by atoms with Gasteiger partial charge in [-0.15, -0.1) is 0 Å². The lowest BCUT2D eigenvalue weighted by Crippen LogP contribution is -2.60. The van der Waals surface area contributed by atoms with Crippen molar-refractivity contribution < 1.29 is 14.3 Å². The molecule has 0 saturated carbocycles. The maximum Gasteiger partial charge on any atom is 0.244 e. The number of carbonyl (C=O) groups is 2. The second-order valence-electron chi connectivity index (χ2n) is 5.50. The van der Waals surface area contributed by atoms with E-state index in [4.69, 9.17) is 10.5 Å². The van der Waals surface area contributed by atoms with E-state index in [1.54, 1.807) is 11.8 Å². The number of nitrogens with one attached hydrogen (secondary N) is 1. The van der Waals surface area contributed by atoms with Crippen LogP contribution in [0.2, 0.25) is 0 Å². The summed E-state index contributed by atoms with van der Waals surface area (Å²) >= 11 is 0. The molecular weight excluding hydrogens is 246 g/mol. The van der Waals surface area contributed by atoms with E-state index in [0.29, 0.717) is 26.1 Å². The van der Waals surface area contributed by atoms with Crippen LogP contribution in [0.25, 0.3) is 0 Å². The van der Waals surface area contributed by atoms with E-state index in [0.717, 1.165) is 25.9 Å². The smallest absolute Gasteiger partial charge is 0.244 e. The van der Waals surface area contributed by atoms with Crippen LogP contribution in [-0.2, 0) is 14.3 Å². The predicted molar refractivity (Wildman–Crippen MR) is 70.4 cm³/mol. The summed E-state index contributed by atoms with van der Waals surface area (Å²) in [7, 11) is 0. The summed E-state index contributed by atoms with van der Waals surface area (Å²) in [6, 6.07) is -0.506. The number of ether oxygens (including phenoxy) is 1. The third kappa shape index (κ3) is 3.25. The second-order valence-corrected chi connectivity index (χ2v) is 5.50. The third-order valence-corrected chi connectivity index (χ3v) is 3.97. The molecule has 2 fully saturated rings. The number of nitrogens with two attached hydrogens (primary N) is 1. The highest BCUT2D eigenvalue weighted by atomic mass is 16.5. The molecule has 3 N–H and O–H groups in total. The molecule has 0 radical (unpaired) electrons. The van der Waals surface area contributed by atoms with E-state index in [2.05, 4.69) is 5.32 Å². The summed E-state index contributed by atoms with van der Waals surface area (Å²) in [6.07, 6.45) is 3.10. The Balaban J connectivity index is 1.88. The molecule has 0 aromatic carbocycles. The van der Waals surface area contributed by atoms with E-state index in [9.17, 15) is 9.59 Å². The highest BCUT2D eigenvalue weighted by Gasteiger charge is 2.37. The number of nitrogens with zero attached hydrogens (tertiary/aromatic N) is 1. The minimum absolute atomic E-state index is 0.0125. The van der Waals surface area contributed by atoms with Gasteiger partial charge in [0.25, 0.3) is 0 Å². The zero-order valence-electron chi connectivity index (χ0n) is 11.5. The van der Waals surface area contributed by atoms with Gasteiger partial charge in [-0.1, -0.05) is 0 Å². The largest absolute Gasteiger partial charge is 0.381 e. The number of carbonyl (C=O) groups excluding carboxylic acids is 2.